The third-order valence-corrected chi connectivity index (χ3v) is 5.65. The highest BCUT2D eigenvalue weighted by atomic mass is 35.5. The van der Waals surface area contributed by atoms with E-state index in [0.29, 0.717) is 5.69 Å². The van der Waals surface area contributed by atoms with E-state index >= 15 is 0 Å². The number of primary amides is 1. The third kappa shape index (κ3) is 4.87. The van der Waals surface area contributed by atoms with Crippen LogP contribution in [0.15, 0.2) is 66.1 Å². The largest absolute Gasteiger partial charge is 0.368 e. The summed E-state index contributed by atoms with van der Waals surface area (Å²) < 4.78 is 27.4. The van der Waals surface area contributed by atoms with Crippen molar-refractivity contribution in [3.63, 3.8) is 0 Å². The van der Waals surface area contributed by atoms with E-state index in [4.69, 9.17) is 17.3 Å². The second-order valence-electron chi connectivity index (χ2n) is 5.45. The zero-order valence-electron chi connectivity index (χ0n) is 14.3. The lowest BCUT2D eigenvalue weighted by atomic mass is 10.2. The van der Waals surface area contributed by atoms with Crippen LogP contribution in [0, 0.1) is 0 Å². The van der Waals surface area contributed by atoms with Crippen LogP contribution in [0.3, 0.4) is 0 Å². The van der Waals surface area contributed by atoms with Gasteiger partial charge in [0.05, 0.1) is 34.3 Å². The first kappa shape index (κ1) is 20.5. The second kappa shape index (κ2) is 8.70. The van der Waals surface area contributed by atoms with Gasteiger partial charge in [-0.2, -0.15) is 0 Å². The van der Waals surface area contributed by atoms with Crippen LogP contribution in [0.5, 0.6) is 0 Å². The van der Waals surface area contributed by atoms with Crippen molar-refractivity contribution in [2.75, 3.05) is 17.4 Å². The fourth-order valence-electron chi connectivity index (χ4n) is 2.28. The van der Waals surface area contributed by atoms with Gasteiger partial charge in [-0.25, -0.2) is 8.42 Å². The molecule has 0 aliphatic heterocycles. The third-order valence-electron chi connectivity index (χ3n) is 3.53. The van der Waals surface area contributed by atoms with Crippen LogP contribution >= 0.6 is 11.6 Å². The van der Waals surface area contributed by atoms with Gasteiger partial charge in [0.1, 0.15) is 0 Å². The van der Waals surface area contributed by atoms with E-state index in [2.05, 4.69) is 11.9 Å². The lowest BCUT2D eigenvalue weighted by Crippen LogP contribution is -2.34. The van der Waals surface area contributed by atoms with Gasteiger partial charge in [0.15, 0.2) is 0 Å². The molecule has 0 aliphatic carbocycles. The Balaban J connectivity index is 2.45. The van der Waals surface area contributed by atoms with Crippen LogP contribution in [0.25, 0.3) is 0 Å². The molecule has 2 rings (SSSR count). The maximum Gasteiger partial charge on any atom is 0.264 e. The molecule has 142 valence electrons. The Labute approximate surface area is 162 Å². The van der Waals surface area contributed by atoms with Gasteiger partial charge >= 0.3 is 0 Å². The standard InChI is InChI=1S/C18H18ClN3O4S/c1-2-10-22(13-6-4-3-5-7-13)27(25,26)14-8-9-16(19)15(11-14)18(24)21-12-17(20)23/h2-9,11H,1,10,12H2,(H2,20,23)(H,21,24). The molecule has 0 unspecified atom stereocenters. The molecule has 0 spiro atoms. The summed E-state index contributed by atoms with van der Waals surface area (Å²) in [4.78, 5) is 22.9. The summed E-state index contributed by atoms with van der Waals surface area (Å²) in [6.45, 7) is 3.25. The number of nitrogens with two attached hydrogens (primary N) is 1. The number of halogens is 1. The minimum absolute atomic E-state index is 0.0399. The van der Waals surface area contributed by atoms with Crippen molar-refractivity contribution in [1.29, 1.82) is 0 Å². The smallest absolute Gasteiger partial charge is 0.264 e. The maximum absolute atomic E-state index is 13.1. The molecule has 0 heterocycles. The van der Waals surface area contributed by atoms with Crippen molar-refractivity contribution < 1.29 is 18.0 Å². The molecule has 0 fully saturated rings. The van der Waals surface area contributed by atoms with E-state index in [1.54, 1.807) is 30.3 Å². The Morgan fingerprint density at radius 2 is 1.85 bits per heavy atom. The number of carbonyl (C=O) groups excluding carboxylic acids is 2. The summed E-state index contributed by atoms with van der Waals surface area (Å²) in [7, 11) is -3.99. The Bertz CT molecular complexity index is 962. The second-order valence-corrected chi connectivity index (χ2v) is 7.72. The number of amides is 2. The molecule has 0 saturated carbocycles. The van der Waals surface area contributed by atoms with E-state index in [1.807, 2.05) is 0 Å². The molecule has 0 aliphatic rings. The molecule has 0 aromatic heterocycles. The average molecular weight is 408 g/mol. The maximum atomic E-state index is 13.1. The minimum Gasteiger partial charge on any atom is -0.368 e. The quantitative estimate of drug-likeness (QED) is 0.651. The van der Waals surface area contributed by atoms with Crippen LogP contribution < -0.4 is 15.4 Å². The van der Waals surface area contributed by atoms with E-state index in [0.717, 1.165) is 10.4 Å². The molecular weight excluding hydrogens is 390 g/mol. The van der Waals surface area contributed by atoms with Crippen molar-refractivity contribution in [2.45, 2.75) is 4.90 Å². The summed E-state index contributed by atoms with van der Waals surface area (Å²) in [5.74, 6) is -1.43. The number of rotatable bonds is 8. The number of hydrogen-bond donors (Lipinski definition) is 2. The van der Waals surface area contributed by atoms with Crippen LogP contribution in [-0.4, -0.2) is 33.3 Å². The number of nitrogens with zero attached hydrogens (tertiary/aromatic N) is 1. The van der Waals surface area contributed by atoms with Crippen molar-refractivity contribution in [2.24, 2.45) is 5.73 Å². The molecule has 2 amide bonds. The molecule has 2 aromatic carbocycles. The highest BCUT2D eigenvalue weighted by Crippen LogP contribution is 2.26. The topological polar surface area (TPSA) is 110 Å². The number of para-hydroxylation sites is 1. The Kier molecular flexibility index (Phi) is 6.59. The van der Waals surface area contributed by atoms with Gasteiger partial charge in [-0.05, 0) is 30.3 Å². The van der Waals surface area contributed by atoms with Gasteiger partial charge in [0, 0.05) is 0 Å². The number of carbonyl (C=O) groups is 2. The normalized spacial score (nSPS) is 10.9. The molecule has 0 atom stereocenters. The SMILES string of the molecule is C=CCN(c1ccccc1)S(=O)(=O)c1ccc(Cl)c(C(=O)NCC(N)=O)c1. The van der Waals surface area contributed by atoms with Gasteiger partial charge in [-0.3, -0.25) is 13.9 Å². The molecule has 27 heavy (non-hydrogen) atoms. The van der Waals surface area contributed by atoms with Crippen LogP contribution in [-0.2, 0) is 14.8 Å². The monoisotopic (exact) mass is 407 g/mol. The van der Waals surface area contributed by atoms with Crippen LogP contribution in [0.4, 0.5) is 5.69 Å². The predicted molar refractivity (Wildman–Crippen MR) is 104 cm³/mol. The molecule has 2 aromatic rings. The molecule has 3 N–H and O–H groups in total. The van der Waals surface area contributed by atoms with Gasteiger partial charge in [-0.1, -0.05) is 35.9 Å². The lowest BCUT2D eigenvalue weighted by Gasteiger charge is -2.23. The lowest BCUT2D eigenvalue weighted by molar-refractivity contribution is -0.117. The van der Waals surface area contributed by atoms with Gasteiger partial charge < -0.3 is 11.1 Å². The zero-order chi connectivity index (χ0) is 20.0. The highest BCUT2D eigenvalue weighted by Gasteiger charge is 2.25. The molecule has 0 radical (unpaired) electrons. The van der Waals surface area contributed by atoms with Crippen molar-refractivity contribution >= 4 is 39.1 Å². The molecule has 7 nitrogen and oxygen atoms in total. The number of anilines is 1. The van der Waals surface area contributed by atoms with Crippen molar-refractivity contribution in [3.8, 4) is 0 Å². The number of benzene rings is 2. The zero-order valence-corrected chi connectivity index (χ0v) is 15.8. The van der Waals surface area contributed by atoms with Crippen molar-refractivity contribution in [1.82, 2.24) is 5.32 Å². The fraction of sp³-hybridized carbons (Fsp3) is 0.111. The van der Waals surface area contributed by atoms with Gasteiger partial charge in [0.25, 0.3) is 15.9 Å². The molecule has 0 bridgehead atoms. The number of nitrogens with one attached hydrogen (secondary N) is 1. The summed E-state index contributed by atoms with van der Waals surface area (Å²) >= 11 is 6.01. The number of hydrogen-bond acceptors (Lipinski definition) is 4. The summed E-state index contributed by atoms with van der Waals surface area (Å²) in [5, 5.41) is 2.33. The van der Waals surface area contributed by atoms with Crippen LogP contribution in [0.1, 0.15) is 10.4 Å². The first-order chi connectivity index (χ1) is 12.8. The molecule has 0 saturated heterocycles. The first-order valence-corrected chi connectivity index (χ1v) is 9.64. The summed E-state index contributed by atoms with van der Waals surface area (Å²) in [6, 6.07) is 12.3. The Morgan fingerprint density at radius 3 is 2.44 bits per heavy atom. The van der Waals surface area contributed by atoms with Gasteiger partial charge in [-0.15, -0.1) is 6.58 Å². The fourth-order valence-corrected chi connectivity index (χ4v) is 3.95. The van der Waals surface area contributed by atoms with Crippen molar-refractivity contribution in [3.05, 3.63) is 71.8 Å². The van der Waals surface area contributed by atoms with Crippen LogP contribution in [0.2, 0.25) is 5.02 Å². The van der Waals surface area contributed by atoms with E-state index in [-0.39, 0.29) is 22.0 Å². The predicted octanol–water partition coefficient (Wildman–Crippen LogP) is 1.94. The minimum atomic E-state index is -3.99. The molecule has 9 heteroatoms. The van der Waals surface area contributed by atoms with E-state index < -0.39 is 28.4 Å². The van der Waals surface area contributed by atoms with Gasteiger partial charge in [0.2, 0.25) is 5.91 Å². The molecular formula is C18H18ClN3O4S. The van der Waals surface area contributed by atoms with E-state index in [1.165, 1.54) is 18.2 Å². The van der Waals surface area contributed by atoms with E-state index in [9.17, 15) is 18.0 Å². The Morgan fingerprint density at radius 1 is 1.19 bits per heavy atom. The average Bonchev–Trinajstić information content (AvgIpc) is 2.64. The Hall–Kier alpha value is -2.84. The summed E-state index contributed by atoms with van der Waals surface area (Å²) in [6.07, 6.45) is 1.46. The highest BCUT2D eigenvalue weighted by molar-refractivity contribution is 7.92. The number of sulfonamides is 1. The summed E-state index contributed by atoms with van der Waals surface area (Å²) in [5.41, 5.74) is 5.37. The first-order valence-electron chi connectivity index (χ1n) is 7.82.